The number of nitrogens with zero attached hydrogens (tertiary/aromatic N) is 1. The van der Waals surface area contributed by atoms with Gasteiger partial charge >= 0.3 is 6.03 Å². The Kier molecular flexibility index (Phi) is 8.96. The molecule has 1 aliphatic rings. The van der Waals surface area contributed by atoms with Gasteiger partial charge in [-0.25, -0.2) is 4.79 Å². The molecule has 8 nitrogen and oxygen atoms in total. The van der Waals surface area contributed by atoms with E-state index in [1.54, 1.807) is 23.1 Å². The first kappa shape index (κ1) is 27.0. The first-order valence-corrected chi connectivity index (χ1v) is 12.7. The standard InChI is InChI=1S/C28H39N5O3/c1-5-6-15-30-27(36)33-16-7-8-22(18-33)31-24-17-21(13-14-23(24)25(29)34)32-26(35)19-9-11-20(12-10-19)28(2,3)4/h9-14,17,22,31H,5-8,15-16,18H2,1-4H3,(H2,29,34)(H,30,36)(H,32,35). The minimum atomic E-state index is -0.557. The zero-order valence-electron chi connectivity index (χ0n) is 21.8. The van der Waals surface area contributed by atoms with Gasteiger partial charge in [0.05, 0.1) is 5.56 Å². The number of carbonyl (C=O) groups excluding carboxylic acids is 3. The molecule has 3 rings (SSSR count). The maximum atomic E-state index is 12.8. The second-order valence-electron chi connectivity index (χ2n) is 10.4. The van der Waals surface area contributed by atoms with Gasteiger partial charge in [0.1, 0.15) is 0 Å². The first-order chi connectivity index (χ1) is 17.1. The maximum Gasteiger partial charge on any atom is 0.317 e. The third kappa shape index (κ3) is 7.23. The predicted molar refractivity (Wildman–Crippen MR) is 145 cm³/mol. The molecule has 36 heavy (non-hydrogen) atoms. The molecule has 4 amide bonds. The number of hydrogen-bond acceptors (Lipinski definition) is 4. The molecule has 5 N–H and O–H groups in total. The van der Waals surface area contributed by atoms with Gasteiger partial charge in [-0.15, -0.1) is 0 Å². The highest BCUT2D eigenvalue weighted by Crippen LogP contribution is 2.25. The fourth-order valence-corrected chi connectivity index (χ4v) is 4.26. The van der Waals surface area contributed by atoms with Crippen molar-refractivity contribution in [2.75, 3.05) is 30.3 Å². The topological polar surface area (TPSA) is 117 Å². The molecule has 1 atom stereocenters. The number of nitrogens with two attached hydrogens (primary N) is 1. The van der Waals surface area contributed by atoms with E-state index in [2.05, 4.69) is 43.6 Å². The quantitative estimate of drug-likeness (QED) is 0.398. The number of piperidine rings is 1. The number of primary amides is 1. The van der Waals surface area contributed by atoms with Gasteiger partial charge in [0.2, 0.25) is 0 Å². The lowest BCUT2D eigenvalue weighted by Crippen LogP contribution is -2.49. The van der Waals surface area contributed by atoms with E-state index in [-0.39, 0.29) is 23.4 Å². The zero-order chi connectivity index (χ0) is 26.3. The number of carbonyl (C=O) groups is 3. The number of urea groups is 1. The van der Waals surface area contributed by atoms with Crippen molar-refractivity contribution < 1.29 is 14.4 Å². The van der Waals surface area contributed by atoms with Crippen LogP contribution in [-0.4, -0.2) is 48.4 Å². The molecule has 2 aromatic carbocycles. The third-order valence-electron chi connectivity index (χ3n) is 6.43. The van der Waals surface area contributed by atoms with Crippen LogP contribution in [0.5, 0.6) is 0 Å². The number of likely N-dealkylation sites (tertiary alicyclic amines) is 1. The van der Waals surface area contributed by atoms with Crippen molar-refractivity contribution in [1.29, 1.82) is 0 Å². The van der Waals surface area contributed by atoms with Gasteiger partial charge < -0.3 is 26.6 Å². The summed E-state index contributed by atoms with van der Waals surface area (Å²) < 4.78 is 0. The molecule has 1 saturated heterocycles. The monoisotopic (exact) mass is 493 g/mol. The fraction of sp³-hybridized carbons (Fsp3) is 0.464. The molecular weight excluding hydrogens is 454 g/mol. The van der Waals surface area contributed by atoms with Gasteiger partial charge in [-0.3, -0.25) is 9.59 Å². The Morgan fingerprint density at radius 2 is 1.81 bits per heavy atom. The molecule has 0 saturated carbocycles. The lowest BCUT2D eigenvalue weighted by molar-refractivity contribution is 0.0998. The average Bonchev–Trinajstić information content (AvgIpc) is 2.84. The van der Waals surface area contributed by atoms with Crippen LogP contribution >= 0.6 is 0 Å². The second kappa shape index (κ2) is 11.9. The highest BCUT2D eigenvalue weighted by atomic mass is 16.2. The van der Waals surface area contributed by atoms with E-state index in [9.17, 15) is 14.4 Å². The van der Waals surface area contributed by atoms with Crippen molar-refractivity contribution in [3.8, 4) is 0 Å². The molecule has 1 heterocycles. The van der Waals surface area contributed by atoms with Crippen molar-refractivity contribution in [2.24, 2.45) is 5.73 Å². The summed E-state index contributed by atoms with van der Waals surface area (Å²) >= 11 is 0. The lowest BCUT2D eigenvalue weighted by atomic mass is 9.87. The van der Waals surface area contributed by atoms with Crippen LogP contribution in [0.25, 0.3) is 0 Å². The summed E-state index contributed by atoms with van der Waals surface area (Å²) in [6.45, 7) is 10.3. The summed E-state index contributed by atoms with van der Waals surface area (Å²) in [5, 5.41) is 9.26. The van der Waals surface area contributed by atoms with Crippen LogP contribution in [0.15, 0.2) is 42.5 Å². The Hall–Kier alpha value is -3.55. The number of rotatable bonds is 8. The summed E-state index contributed by atoms with van der Waals surface area (Å²) in [5.41, 5.74) is 8.75. The SMILES string of the molecule is CCCCNC(=O)N1CCCC(Nc2cc(NC(=O)c3ccc(C(C)(C)C)cc3)ccc2C(N)=O)C1. The normalized spacial score (nSPS) is 15.8. The molecule has 0 aromatic heterocycles. The van der Waals surface area contributed by atoms with Gasteiger partial charge in [-0.1, -0.05) is 46.2 Å². The van der Waals surface area contributed by atoms with Crippen molar-refractivity contribution in [1.82, 2.24) is 10.2 Å². The Labute approximate surface area is 214 Å². The van der Waals surface area contributed by atoms with Crippen LogP contribution in [0.2, 0.25) is 0 Å². The van der Waals surface area contributed by atoms with Crippen molar-refractivity contribution in [3.63, 3.8) is 0 Å². The molecule has 1 aliphatic heterocycles. The number of amides is 4. The van der Waals surface area contributed by atoms with Crippen LogP contribution in [0.1, 0.15) is 79.7 Å². The minimum Gasteiger partial charge on any atom is -0.380 e. The van der Waals surface area contributed by atoms with Crippen LogP contribution < -0.4 is 21.7 Å². The zero-order valence-corrected chi connectivity index (χ0v) is 21.8. The van der Waals surface area contributed by atoms with Crippen LogP contribution in [0, 0.1) is 0 Å². The van der Waals surface area contributed by atoms with E-state index in [0.717, 1.165) is 31.2 Å². The maximum absolute atomic E-state index is 12.8. The highest BCUT2D eigenvalue weighted by molar-refractivity contribution is 6.05. The molecule has 1 fully saturated rings. The summed E-state index contributed by atoms with van der Waals surface area (Å²) in [7, 11) is 0. The minimum absolute atomic E-state index is 0.00501. The average molecular weight is 494 g/mol. The first-order valence-electron chi connectivity index (χ1n) is 12.7. The Morgan fingerprint density at radius 1 is 1.08 bits per heavy atom. The molecule has 0 bridgehead atoms. The predicted octanol–water partition coefficient (Wildman–Crippen LogP) is 4.72. The van der Waals surface area contributed by atoms with Crippen molar-refractivity contribution in [2.45, 2.75) is 64.8 Å². The van der Waals surface area contributed by atoms with Crippen LogP contribution in [-0.2, 0) is 5.41 Å². The van der Waals surface area contributed by atoms with Gasteiger partial charge in [0.15, 0.2) is 0 Å². The van der Waals surface area contributed by atoms with Gasteiger partial charge in [0.25, 0.3) is 11.8 Å². The lowest BCUT2D eigenvalue weighted by Gasteiger charge is -2.34. The number of unbranched alkanes of at least 4 members (excludes halogenated alkanes) is 1. The Morgan fingerprint density at radius 3 is 2.44 bits per heavy atom. The number of nitrogens with one attached hydrogen (secondary N) is 3. The third-order valence-corrected chi connectivity index (χ3v) is 6.43. The molecule has 0 spiro atoms. The van der Waals surface area contributed by atoms with Crippen molar-refractivity contribution >= 4 is 29.2 Å². The van der Waals surface area contributed by atoms with Crippen LogP contribution in [0.4, 0.5) is 16.2 Å². The van der Waals surface area contributed by atoms with E-state index < -0.39 is 5.91 Å². The highest BCUT2D eigenvalue weighted by Gasteiger charge is 2.24. The summed E-state index contributed by atoms with van der Waals surface area (Å²) in [4.78, 5) is 39.2. The molecule has 2 aromatic rings. The molecule has 1 unspecified atom stereocenters. The van der Waals surface area contributed by atoms with Gasteiger partial charge in [-0.05, 0) is 60.6 Å². The fourth-order valence-electron chi connectivity index (χ4n) is 4.26. The molecule has 0 radical (unpaired) electrons. The van der Waals surface area contributed by atoms with Crippen LogP contribution in [0.3, 0.4) is 0 Å². The van der Waals surface area contributed by atoms with Crippen molar-refractivity contribution in [3.05, 3.63) is 59.2 Å². The number of benzene rings is 2. The Balaban J connectivity index is 1.71. The summed E-state index contributed by atoms with van der Waals surface area (Å²) in [5.74, 6) is -0.793. The summed E-state index contributed by atoms with van der Waals surface area (Å²) in [6, 6.07) is 12.5. The molecule has 8 heteroatoms. The van der Waals surface area contributed by atoms with Gasteiger partial charge in [-0.2, -0.15) is 0 Å². The van der Waals surface area contributed by atoms with E-state index in [1.807, 2.05) is 24.3 Å². The molecule has 0 aliphatic carbocycles. The number of anilines is 2. The van der Waals surface area contributed by atoms with Gasteiger partial charge in [0, 0.05) is 42.6 Å². The number of hydrogen-bond donors (Lipinski definition) is 4. The molecular formula is C28H39N5O3. The Bertz CT molecular complexity index is 1080. The molecule has 194 valence electrons. The summed E-state index contributed by atoms with van der Waals surface area (Å²) in [6.07, 6.45) is 3.68. The smallest absolute Gasteiger partial charge is 0.317 e. The van der Waals surface area contributed by atoms with E-state index in [0.29, 0.717) is 42.1 Å². The second-order valence-corrected chi connectivity index (χ2v) is 10.4. The largest absolute Gasteiger partial charge is 0.380 e. The van der Waals surface area contributed by atoms with E-state index >= 15 is 0 Å². The van der Waals surface area contributed by atoms with E-state index in [1.165, 1.54) is 0 Å². The van der Waals surface area contributed by atoms with E-state index in [4.69, 9.17) is 5.73 Å².